The molecule has 0 aromatic heterocycles. The third-order valence-electron chi connectivity index (χ3n) is 1.83. The molecule has 1 rings (SSSR count). The van der Waals surface area contributed by atoms with Gasteiger partial charge in [-0.05, 0) is 45.0 Å². The molecular weight excluding hydrogens is 204 g/mol. The van der Waals surface area contributed by atoms with E-state index in [-0.39, 0.29) is 5.54 Å². The summed E-state index contributed by atoms with van der Waals surface area (Å²) in [5, 5.41) is 5.71. The van der Waals surface area contributed by atoms with Crippen LogP contribution in [-0.2, 0) is 0 Å². The summed E-state index contributed by atoms with van der Waals surface area (Å²) in [4.78, 5) is 11.4. The van der Waals surface area contributed by atoms with Gasteiger partial charge in [-0.2, -0.15) is 0 Å². The molecule has 0 aliphatic rings. The molecule has 0 saturated heterocycles. The Bertz CT molecular complexity index is 352. The summed E-state index contributed by atoms with van der Waals surface area (Å²) in [6.45, 7) is 5.70. The number of ether oxygens (including phenoxy) is 1. The van der Waals surface area contributed by atoms with Gasteiger partial charge in [-0.25, -0.2) is 4.79 Å². The van der Waals surface area contributed by atoms with Gasteiger partial charge in [0.1, 0.15) is 5.75 Å². The van der Waals surface area contributed by atoms with Crippen LogP contribution in [0.4, 0.5) is 10.5 Å². The SMILES string of the molecule is CNc1ccc(OC(=O)NC(C)(C)C)cc1. The van der Waals surface area contributed by atoms with E-state index < -0.39 is 6.09 Å². The van der Waals surface area contributed by atoms with Crippen molar-refractivity contribution >= 4 is 11.8 Å². The van der Waals surface area contributed by atoms with Crippen molar-refractivity contribution in [3.8, 4) is 5.75 Å². The molecule has 0 fully saturated rings. The van der Waals surface area contributed by atoms with E-state index in [0.29, 0.717) is 5.75 Å². The van der Waals surface area contributed by atoms with E-state index in [1.54, 1.807) is 12.1 Å². The molecule has 0 heterocycles. The fourth-order valence-corrected chi connectivity index (χ4v) is 1.13. The summed E-state index contributed by atoms with van der Waals surface area (Å²) in [6, 6.07) is 7.18. The number of hydrogen-bond acceptors (Lipinski definition) is 3. The van der Waals surface area contributed by atoms with E-state index in [9.17, 15) is 4.79 Å². The van der Waals surface area contributed by atoms with Crippen LogP contribution in [0.15, 0.2) is 24.3 Å². The Labute approximate surface area is 96.0 Å². The lowest BCUT2D eigenvalue weighted by molar-refractivity contribution is 0.190. The molecule has 1 amide bonds. The first-order chi connectivity index (χ1) is 7.40. The summed E-state index contributed by atoms with van der Waals surface area (Å²) in [7, 11) is 1.84. The molecule has 0 bridgehead atoms. The predicted molar refractivity (Wildman–Crippen MR) is 64.9 cm³/mol. The van der Waals surface area contributed by atoms with Crippen LogP contribution in [0.1, 0.15) is 20.8 Å². The second kappa shape index (κ2) is 4.88. The predicted octanol–water partition coefficient (Wildman–Crippen LogP) is 2.62. The van der Waals surface area contributed by atoms with Gasteiger partial charge in [0.05, 0.1) is 0 Å². The van der Waals surface area contributed by atoms with Gasteiger partial charge < -0.3 is 15.4 Å². The van der Waals surface area contributed by atoms with Crippen molar-refractivity contribution < 1.29 is 9.53 Å². The highest BCUT2D eigenvalue weighted by molar-refractivity contribution is 5.71. The van der Waals surface area contributed by atoms with Crippen LogP contribution in [-0.4, -0.2) is 18.7 Å². The van der Waals surface area contributed by atoms with Gasteiger partial charge >= 0.3 is 6.09 Å². The van der Waals surface area contributed by atoms with Crippen LogP contribution >= 0.6 is 0 Å². The van der Waals surface area contributed by atoms with Crippen molar-refractivity contribution in [1.29, 1.82) is 0 Å². The molecule has 4 heteroatoms. The lowest BCUT2D eigenvalue weighted by Crippen LogP contribution is -2.42. The Morgan fingerprint density at radius 1 is 1.19 bits per heavy atom. The number of benzene rings is 1. The van der Waals surface area contributed by atoms with Crippen molar-refractivity contribution in [3.05, 3.63) is 24.3 Å². The first kappa shape index (κ1) is 12.4. The largest absolute Gasteiger partial charge is 0.413 e. The molecule has 16 heavy (non-hydrogen) atoms. The van der Waals surface area contributed by atoms with Crippen molar-refractivity contribution in [2.24, 2.45) is 0 Å². The molecular formula is C12H18N2O2. The normalized spacial score (nSPS) is 10.8. The summed E-state index contributed by atoms with van der Waals surface area (Å²) in [5.41, 5.74) is 0.686. The number of anilines is 1. The summed E-state index contributed by atoms with van der Waals surface area (Å²) in [5.74, 6) is 0.528. The lowest BCUT2D eigenvalue weighted by atomic mass is 10.1. The Kier molecular flexibility index (Phi) is 3.77. The van der Waals surface area contributed by atoms with Crippen LogP contribution in [0.5, 0.6) is 5.75 Å². The number of hydrogen-bond donors (Lipinski definition) is 2. The Morgan fingerprint density at radius 3 is 2.19 bits per heavy atom. The highest BCUT2D eigenvalue weighted by atomic mass is 16.6. The van der Waals surface area contributed by atoms with E-state index >= 15 is 0 Å². The molecule has 0 unspecified atom stereocenters. The molecule has 1 aromatic carbocycles. The number of amides is 1. The molecule has 0 radical (unpaired) electrons. The quantitative estimate of drug-likeness (QED) is 0.808. The van der Waals surface area contributed by atoms with Gasteiger partial charge in [-0.1, -0.05) is 0 Å². The van der Waals surface area contributed by atoms with Crippen LogP contribution in [0.2, 0.25) is 0 Å². The topological polar surface area (TPSA) is 50.4 Å². The molecule has 0 saturated carbocycles. The van der Waals surface area contributed by atoms with Gasteiger partial charge in [-0.15, -0.1) is 0 Å². The summed E-state index contributed by atoms with van der Waals surface area (Å²) < 4.78 is 5.11. The number of carbonyl (C=O) groups is 1. The van der Waals surface area contributed by atoms with E-state index in [4.69, 9.17) is 4.74 Å². The van der Waals surface area contributed by atoms with E-state index in [2.05, 4.69) is 10.6 Å². The lowest BCUT2D eigenvalue weighted by Gasteiger charge is -2.19. The molecule has 0 aliphatic heterocycles. The highest BCUT2D eigenvalue weighted by Gasteiger charge is 2.14. The van der Waals surface area contributed by atoms with Crippen LogP contribution in [0.25, 0.3) is 0 Å². The smallest absolute Gasteiger partial charge is 0.410 e. The van der Waals surface area contributed by atoms with Crippen LogP contribution in [0.3, 0.4) is 0 Å². The maximum Gasteiger partial charge on any atom is 0.413 e. The van der Waals surface area contributed by atoms with Gasteiger partial charge in [0.15, 0.2) is 0 Å². The minimum Gasteiger partial charge on any atom is -0.410 e. The molecule has 0 spiro atoms. The minimum absolute atomic E-state index is 0.290. The van der Waals surface area contributed by atoms with Gasteiger partial charge in [0.25, 0.3) is 0 Å². The Morgan fingerprint density at radius 2 is 1.75 bits per heavy atom. The molecule has 2 N–H and O–H groups in total. The number of rotatable bonds is 2. The zero-order valence-corrected chi connectivity index (χ0v) is 10.1. The fraction of sp³-hybridized carbons (Fsp3) is 0.417. The van der Waals surface area contributed by atoms with Crippen LogP contribution in [0, 0.1) is 0 Å². The Hall–Kier alpha value is -1.71. The maximum absolute atomic E-state index is 11.4. The average molecular weight is 222 g/mol. The highest BCUT2D eigenvalue weighted by Crippen LogP contribution is 2.15. The molecule has 0 atom stereocenters. The molecule has 0 aliphatic carbocycles. The zero-order chi connectivity index (χ0) is 12.2. The second-order valence-corrected chi connectivity index (χ2v) is 4.54. The monoisotopic (exact) mass is 222 g/mol. The first-order valence-electron chi connectivity index (χ1n) is 5.18. The van der Waals surface area contributed by atoms with E-state index in [1.807, 2.05) is 40.0 Å². The van der Waals surface area contributed by atoms with Crippen LogP contribution < -0.4 is 15.4 Å². The fourth-order valence-electron chi connectivity index (χ4n) is 1.13. The zero-order valence-electron chi connectivity index (χ0n) is 10.1. The van der Waals surface area contributed by atoms with Gasteiger partial charge in [0, 0.05) is 18.3 Å². The van der Waals surface area contributed by atoms with E-state index in [0.717, 1.165) is 5.69 Å². The third-order valence-corrected chi connectivity index (χ3v) is 1.83. The number of nitrogens with one attached hydrogen (secondary N) is 2. The third kappa shape index (κ3) is 4.21. The van der Waals surface area contributed by atoms with Crippen molar-refractivity contribution in [2.75, 3.05) is 12.4 Å². The molecule has 88 valence electrons. The van der Waals surface area contributed by atoms with Crippen molar-refractivity contribution in [3.63, 3.8) is 0 Å². The summed E-state index contributed by atoms with van der Waals surface area (Å²) in [6.07, 6.45) is -0.440. The average Bonchev–Trinajstić information content (AvgIpc) is 2.16. The standard InChI is InChI=1S/C12H18N2O2/c1-12(2,3)14-11(15)16-10-7-5-9(13-4)6-8-10/h5-8,13H,1-4H3,(H,14,15). The Balaban J connectivity index is 2.56. The van der Waals surface area contributed by atoms with Gasteiger partial charge in [-0.3, -0.25) is 0 Å². The maximum atomic E-state index is 11.4. The molecule has 1 aromatic rings. The molecule has 4 nitrogen and oxygen atoms in total. The van der Waals surface area contributed by atoms with Crippen molar-refractivity contribution in [1.82, 2.24) is 5.32 Å². The first-order valence-corrected chi connectivity index (χ1v) is 5.18. The van der Waals surface area contributed by atoms with Crippen molar-refractivity contribution in [2.45, 2.75) is 26.3 Å². The van der Waals surface area contributed by atoms with Gasteiger partial charge in [0.2, 0.25) is 0 Å². The van der Waals surface area contributed by atoms with E-state index in [1.165, 1.54) is 0 Å². The minimum atomic E-state index is -0.440. The number of carbonyl (C=O) groups excluding carboxylic acids is 1. The second-order valence-electron chi connectivity index (χ2n) is 4.54. The summed E-state index contributed by atoms with van der Waals surface area (Å²) >= 11 is 0.